The van der Waals surface area contributed by atoms with Crippen molar-refractivity contribution in [2.24, 2.45) is 0 Å². The van der Waals surface area contributed by atoms with Gasteiger partial charge in [-0.15, -0.1) is 0 Å². The summed E-state index contributed by atoms with van der Waals surface area (Å²) in [6.07, 6.45) is 3.68. The summed E-state index contributed by atoms with van der Waals surface area (Å²) < 4.78 is 0. The van der Waals surface area contributed by atoms with Crippen LogP contribution in [0.5, 0.6) is 0 Å². The maximum absolute atomic E-state index is 6.11. The molecule has 2 aromatic rings. The average molecular weight is 295 g/mol. The summed E-state index contributed by atoms with van der Waals surface area (Å²) in [5.74, 6) is 0. The van der Waals surface area contributed by atoms with Gasteiger partial charge >= 0.3 is 0 Å². The maximum atomic E-state index is 6.11. The summed E-state index contributed by atoms with van der Waals surface area (Å²) in [5.41, 5.74) is 3.46. The molecule has 19 heavy (non-hydrogen) atoms. The summed E-state index contributed by atoms with van der Waals surface area (Å²) in [5, 5.41) is 4.63. The molecule has 1 aromatic heterocycles. The molecule has 0 aliphatic carbocycles. The Labute approximate surface area is 123 Å². The van der Waals surface area contributed by atoms with Crippen LogP contribution in [0.25, 0.3) is 0 Å². The lowest BCUT2D eigenvalue weighted by molar-refractivity contribution is 0.627. The minimum Gasteiger partial charge on any atom is -0.307 e. The first kappa shape index (κ1) is 14.3. The summed E-state index contributed by atoms with van der Waals surface area (Å²) in [7, 11) is 0. The molecule has 0 saturated heterocycles. The van der Waals surface area contributed by atoms with Crippen molar-refractivity contribution >= 4 is 23.2 Å². The fourth-order valence-corrected chi connectivity index (χ4v) is 2.42. The molecule has 0 radical (unpaired) electrons. The van der Waals surface area contributed by atoms with Gasteiger partial charge in [0, 0.05) is 12.4 Å². The zero-order chi connectivity index (χ0) is 13.8. The van der Waals surface area contributed by atoms with Crippen LogP contribution in [0.4, 0.5) is 0 Å². The van der Waals surface area contributed by atoms with Gasteiger partial charge in [-0.2, -0.15) is 0 Å². The standard InChI is InChI=1S/C15H16Cl2N2/c1-3-19-15(12-6-7-18-9-10(12)2)11-4-5-13(16)14(17)8-11/h4-9,15,19H,3H2,1-2H3. The van der Waals surface area contributed by atoms with Crippen molar-refractivity contribution in [2.45, 2.75) is 19.9 Å². The van der Waals surface area contributed by atoms with Crippen molar-refractivity contribution in [1.29, 1.82) is 0 Å². The van der Waals surface area contributed by atoms with Gasteiger partial charge in [0.05, 0.1) is 16.1 Å². The lowest BCUT2D eigenvalue weighted by Gasteiger charge is -2.21. The Morgan fingerprint density at radius 1 is 1.21 bits per heavy atom. The first-order valence-corrected chi connectivity index (χ1v) is 6.98. The molecule has 0 bridgehead atoms. The van der Waals surface area contributed by atoms with Gasteiger partial charge in [-0.05, 0) is 48.4 Å². The van der Waals surface area contributed by atoms with Crippen molar-refractivity contribution in [1.82, 2.24) is 10.3 Å². The highest BCUT2D eigenvalue weighted by Crippen LogP contribution is 2.29. The SMILES string of the molecule is CCNC(c1ccc(Cl)c(Cl)c1)c1ccncc1C. The Kier molecular flexibility index (Phi) is 4.81. The Morgan fingerprint density at radius 2 is 2.00 bits per heavy atom. The molecule has 2 nitrogen and oxygen atoms in total. The molecular weight excluding hydrogens is 279 g/mol. The average Bonchev–Trinajstić information content (AvgIpc) is 2.40. The number of hydrogen-bond acceptors (Lipinski definition) is 2. The van der Waals surface area contributed by atoms with E-state index >= 15 is 0 Å². The van der Waals surface area contributed by atoms with Crippen LogP contribution in [-0.2, 0) is 0 Å². The minimum absolute atomic E-state index is 0.0998. The van der Waals surface area contributed by atoms with Crippen LogP contribution in [0.2, 0.25) is 10.0 Å². The van der Waals surface area contributed by atoms with Gasteiger partial charge in [-0.1, -0.05) is 36.2 Å². The Morgan fingerprint density at radius 3 is 2.63 bits per heavy atom. The van der Waals surface area contributed by atoms with Gasteiger partial charge in [0.25, 0.3) is 0 Å². The summed E-state index contributed by atoms with van der Waals surface area (Å²) in [6, 6.07) is 7.88. The van der Waals surface area contributed by atoms with Crippen LogP contribution in [0, 0.1) is 6.92 Å². The number of aromatic nitrogens is 1. The van der Waals surface area contributed by atoms with Crippen LogP contribution in [0.15, 0.2) is 36.7 Å². The molecule has 1 aromatic carbocycles. The highest BCUT2D eigenvalue weighted by atomic mass is 35.5. The molecule has 1 heterocycles. The van der Waals surface area contributed by atoms with Gasteiger partial charge < -0.3 is 5.32 Å². The summed E-state index contributed by atoms with van der Waals surface area (Å²) >= 11 is 12.1. The van der Waals surface area contributed by atoms with Gasteiger partial charge in [0.15, 0.2) is 0 Å². The quantitative estimate of drug-likeness (QED) is 0.904. The number of nitrogens with zero attached hydrogens (tertiary/aromatic N) is 1. The fourth-order valence-electron chi connectivity index (χ4n) is 2.11. The van der Waals surface area contributed by atoms with Gasteiger partial charge in [-0.3, -0.25) is 4.98 Å². The zero-order valence-electron chi connectivity index (χ0n) is 11.0. The summed E-state index contributed by atoms with van der Waals surface area (Å²) in [6.45, 7) is 5.01. The lowest BCUT2D eigenvalue weighted by atomic mass is 9.96. The largest absolute Gasteiger partial charge is 0.307 e. The third-order valence-electron chi connectivity index (χ3n) is 3.06. The number of pyridine rings is 1. The lowest BCUT2D eigenvalue weighted by Crippen LogP contribution is -2.22. The molecule has 0 amide bonds. The first-order valence-electron chi connectivity index (χ1n) is 6.22. The Bertz CT molecular complexity index is 570. The molecule has 100 valence electrons. The third kappa shape index (κ3) is 3.27. The Balaban J connectivity index is 2.45. The van der Waals surface area contributed by atoms with E-state index in [0.29, 0.717) is 10.0 Å². The maximum Gasteiger partial charge on any atom is 0.0595 e. The second kappa shape index (κ2) is 6.38. The van der Waals surface area contributed by atoms with E-state index < -0.39 is 0 Å². The first-order chi connectivity index (χ1) is 9.13. The predicted octanol–water partition coefficient (Wildman–Crippen LogP) is 4.40. The van der Waals surface area contributed by atoms with Crippen molar-refractivity contribution in [2.75, 3.05) is 6.54 Å². The van der Waals surface area contributed by atoms with Crippen LogP contribution in [-0.4, -0.2) is 11.5 Å². The van der Waals surface area contributed by atoms with E-state index in [1.54, 1.807) is 0 Å². The predicted molar refractivity (Wildman–Crippen MR) is 81.0 cm³/mol. The van der Waals surface area contributed by atoms with Crippen LogP contribution < -0.4 is 5.32 Å². The molecule has 4 heteroatoms. The molecule has 1 atom stereocenters. The van der Waals surface area contributed by atoms with E-state index in [1.165, 1.54) is 5.56 Å². The number of rotatable bonds is 4. The normalized spacial score (nSPS) is 12.4. The Hall–Kier alpha value is -1.09. The molecule has 0 aliphatic heterocycles. The van der Waals surface area contributed by atoms with E-state index in [0.717, 1.165) is 17.7 Å². The molecule has 2 rings (SSSR count). The number of halogens is 2. The van der Waals surface area contributed by atoms with E-state index in [-0.39, 0.29) is 6.04 Å². The van der Waals surface area contributed by atoms with Crippen molar-refractivity contribution in [3.63, 3.8) is 0 Å². The van der Waals surface area contributed by atoms with E-state index in [9.17, 15) is 0 Å². The molecule has 1 N–H and O–H groups in total. The number of aryl methyl sites for hydroxylation is 1. The second-order valence-electron chi connectivity index (χ2n) is 4.40. The monoisotopic (exact) mass is 294 g/mol. The minimum atomic E-state index is 0.0998. The fraction of sp³-hybridized carbons (Fsp3) is 0.267. The van der Waals surface area contributed by atoms with Gasteiger partial charge in [-0.25, -0.2) is 0 Å². The van der Waals surface area contributed by atoms with E-state index in [1.807, 2.05) is 36.7 Å². The molecule has 0 saturated carbocycles. The zero-order valence-corrected chi connectivity index (χ0v) is 12.5. The van der Waals surface area contributed by atoms with Crippen LogP contribution in [0.1, 0.15) is 29.7 Å². The molecule has 0 aliphatic rings. The highest BCUT2D eigenvalue weighted by Gasteiger charge is 2.16. The van der Waals surface area contributed by atoms with E-state index in [4.69, 9.17) is 23.2 Å². The number of nitrogens with one attached hydrogen (secondary N) is 1. The molecule has 0 spiro atoms. The third-order valence-corrected chi connectivity index (χ3v) is 3.80. The van der Waals surface area contributed by atoms with Crippen molar-refractivity contribution < 1.29 is 0 Å². The number of benzene rings is 1. The van der Waals surface area contributed by atoms with Crippen LogP contribution >= 0.6 is 23.2 Å². The van der Waals surface area contributed by atoms with Crippen molar-refractivity contribution in [3.05, 3.63) is 63.4 Å². The van der Waals surface area contributed by atoms with Crippen LogP contribution in [0.3, 0.4) is 0 Å². The van der Waals surface area contributed by atoms with Gasteiger partial charge in [0.1, 0.15) is 0 Å². The second-order valence-corrected chi connectivity index (χ2v) is 5.21. The smallest absolute Gasteiger partial charge is 0.0595 e. The molecular formula is C15H16Cl2N2. The number of hydrogen-bond donors (Lipinski definition) is 1. The van der Waals surface area contributed by atoms with E-state index in [2.05, 4.69) is 24.1 Å². The highest BCUT2D eigenvalue weighted by molar-refractivity contribution is 6.42. The topological polar surface area (TPSA) is 24.9 Å². The van der Waals surface area contributed by atoms with Crippen molar-refractivity contribution in [3.8, 4) is 0 Å². The molecule has 1 unspecified atom stereocenters. The molecule has 0 fully saturated rings. The summed E-state index contributed by atoms with van der Waals surface area (Å²) in [4.78, 5) is 4.14. The van der Waals surface area contributed by atoms with Gasteiger partial charge in [0.2, 0.25) is 0 Å².